The number of aliphatic hydroxyl groups is 2. The normalized spacial score (nSPS) is 18.1. The maximum absolute atomic E-state index is 10.7. The molecule has 0 bridgehead atoms. The van der Waals surface area contributed by atoms with Gasteiger partial charge in [-0.15, -0.1) is 0 Å². The molecule has 3 atom stereocenters. The summed E-state index contributed by atoms with van der Waals surface area (Å²) in [6.07, 6.45) is -0.611. The van der Waals surface area contributed by atoms with Crippen molar-refractivity contribution in [2.45, 2.75) is 57.5 Å². The van der Waals surface area contributed by atoms with Crippen LogP contribution in [0.2, 0.25) is 18.1 Å². The third-order valence-corrected chi connectivity index (χ3v) is 10.0. The van der Waals surface area contributed by atoms with Gasteiger partial charge in [0.2, 0.25) is 0 Å². The fourth-order valence-electron chi connectivity index (χ4n) is 3.04. The minimum absolute atomic E-state index is 0.545. The molecule has 0 saturated heterocycles. The molecule has 1 aromatic rings. The van der Waals surface area contributed by atoms with Crippen LogP contribution in [-0.4, -0.2) is 30.5 Å². The molecule has 0 radical (unpaired) electrons. The van der Waals surface area contributed by atoms with Crippen molar-refractivity contribution in [3.8, 4) is 0 Å². The van der Waals surface area contributed by atoms with Gasteiger partial charge in [-0.1, -0.05) is 74.6 Å². The van der Waals surface area contributed by atoms with Gasteiger partial charge in [0.05, 0.1) is 20.3 Å². The zero-order valence-electron chi connectivity index (χ0n) is 13.4. The van der Waals surface area contributed by atoms with Crippen LogP contribution in [0.5, 0.6) is 0 Å². The van der Waals surface area contributed by atoms with E-state index in [1.165, 1.54) is 5.19 Å². The van der Waals surface area contributed by atoms with Crippen molar-refractivity contribution in [2.75, 3.05) is 0 Å². The second kappa shape index (κ2) is 6.25. The molecular weight excluding hydrogens is 264 g/mol. The van der Waals surface area contributed by atoms with Gasteiger partial charge in [-0.3, -0.25) is 0 Å². The van der Waals surface area contributed by atoms with Gasteiger partial charge in [-0.05, 0) is 13.3 Å². The lowest BCUT2D eigenvalue weighted by Crippen LogP contribution is -2.61. The van der Waals surface area contributed by atoms with Gasteiger partial charge >= 0.3 is 0 Å². The zero-order chi connectivity index (χ0) is 15.6. The Morgan fingerprint density at radius 3 is 2.15 bits per heavy atom. The van der Waals surface area contributed by atoms with Crippen molar-refractivity contribution < 1.29 is 10.2 Å². The quantitative estimate of drug-likeness (QED) is 0.625. The Kier molecular flexibility index (Phi) is 5.36. The summed E-state index contributed by atoms with van der Waals surface area (Å²) in [6, 6.07) is 10.3. The Morgan fingerprint density at radius 1 is 1.25 bits per heavy atom. The summed E-state index contributed by atoms with van der Waals surface area (Å²) < 4.78 is 0. The van der Waals surface area contributed by atoms with Crippen LogP contribution in [0.4, 0.5) is 0 Å². The average molecular weight is 292 g/mol. The lowest BCUT2D eigenvalue weighted by molar-refractivity contribution is 0.0447. The Balaban J connectivity index is 3.40. The lowest BCUT2D eigenvalue weighted by atomic mass is 9.91. The van der Waals surface area contributed by atoms with Crippen LogP contribution in [0.25, 0.3) is 0 Å². The maximum Gasteiger partial charge on any atom is 0.0927 e. The average Bonchev–Trinajstić information content (AvgIpc) is 2.45. The Bertz CT molecular complexity index is 455. The molecule has 0 saturated carbocycles. The molecule has 3 heteroatoms. The Hall–Kier alpha value is -0.903. The fraction of sp³-hybridized carbons (Fsp3) is 0.529. The van der Waals surface area contributed by atoms with Crippen molar-refractivity contribution in [1.29, 1.82) is 0 Å². The molecule has 0 spiro atoms. The van der Waals surface area contributed by atoms with Crippen LogP contribution >= 0.6 is 0 Å². The topological polar surface area (TPSA) is 40.5 Å². The predicted octanol–water partition coefficient (Wildman–Crippen LogP) is 3.07. The lowest BCUT2D eigenvalue weighted by Gasteiger charge is -2.49. The van der Waals surface area contributed by atoms with Crippen LogP contribution in [0.15, 0.2) is 42.5 Å². The molecule has 2 nitrogen and oxygen atoms in total. The van der Waals surface area contributed by atoms with Crippen LogP contribution in [-0.2, 0) is 0 Å². The summed E-state index contributed by atoms with van der Waals surface area (Å²) in [5, 5.41) is 22.0. The zero-order valence-corrected chi connectivity index (χ0v) is 14.4. The van der Waals surface area contributed by atoms with Crippen LogP contribution < -0.4 is 5.19 Å². The van der Waals surface area contributed by atoms with Crippen molar-refractivity contribution in [2.24, 2.45) is 0 Å². The van der Waals surface area contributed by atoms with Gasteiger partial charge < -0.3 is 10.2 Å². The van der Waals surface area contributed by atoms with Crippen LogP contribution in [0, 0.1) is 0 Å². The van der Waals surface area contributed by atoms with Crippen molar-refractivity contribution >= 4 is 13.3 Å². The molecule has 0 aliphatic rings. The third kappa shape index (κ3) is 2.76. The molecule has 2 N–H and O–H groups in total. The summed E-state index contributed by atoms with van der Waals surface area (Å²) in [5.41, 5.74) is 0.719. The second-order valence-electron chi connectivity index (χ2n) is 6.45. The molecule has 0 heterocycles. The Labute approximate surface area is 124 Å². The first kappa shape index (κ1) is 17.1. The molecule has 20 heavy (non-hydrogen) atoms. The highest BCUT2D eigenvalue weighted by molar-refractivity contribution is 6.92. The summed E-state index contributed by atoms with van der Waals surface area (Å²) in [7, 11) is -2.10. The molecule has 0 fully saturated rings. The van der Waals surface area contributed by atoms with E-state index in [1.807, 2.05) is 39.0 Å². The van der Waals surface area contributed by atoms with Gasteiger partial charge in [-0.2, -0.15) is 0 Å². The van der Waals surface area contributed by atoms with Crippen LogP contribution in [0.3, 0.4) is 0 Å². The summed E-state index contributed by atoms with van der Waals surface area (Å²) in [4.78, 5) is 0. The van der Waals surface area contributed by atoms with Crippen LogP contribution in [0.1, 0.15) is 27.2 Å². The molecule has 1 rings (SSSR count). The smallest absolute Gasteiger partial charge is 0.0927 e. The molecule has 0 aliphatic carbocycles. The van der Waals surface area contributed by atoms with Gasteiger partial charge in [-0.25, -0.2) is 0 Å². The highest BCUT2D eigenvalue weighted by atomic mass is 28.3. The van der Waals surface area contributed by atoms with Gasteiger partial charge in [0.15, 0.2) is 0 Å². The number of aliphatic hydroxyl groups excluding tert-OH is 2. The van der Waals surface area contributed by atoms with Crippen molar-refractivity contribution in [3.63, 3.8) is 0 Å². The molecule has 1 aromatic carbocycles. The van der Waals surface area contributed by atoms with Gasteiger partial charge in [0, 0.05) is 5.04 Å². The monoisotopic (exact) mass is 292 g/mol. The molecule has 0 amide bonds. The second-order valence-corrected chi connectivity index (χ2v) is 11.4. The molecule has 0 aromatic heterocycles. The summed E-state index contributed by atoms with van der Waals surface area (Å²) in [5.74, 6) is 0. The minimum atomic E-state index is -2.10. The first-order chi connectivity index (χ1) is 9.19. The van der Waals surface area contributed by atoms with Gasteiger partial charge in [0.25, 0.3) is 0 Å². The number of hydrogen-bond acceptors (Lipinski definition) is 2. The molecule has 112 valence electrons. The number of benzene rings is 1. The van der Waals surface area contributed by atoms with E-state index in [0.717, 1.165) is 5.57 Å². The highest BCUT2D eigenvalue weighted by Crippen LogP contribution is 2.47. The standard InChI is InChI=1S/C17H28O2Si/c1-7-15(18)17(4,16(19)13(2)3)20(5,6)14-11-9-8-10-12-14/h8-12,15-16,18-19H,2,7H2,1,3-6H3/t15-,16-,17-/m1/s1. The molecule has 0 unspecified atom stereocenters. The number of hydrogen-bond donors (Lipinski definition) is 2. The van der Waals surface area contributed by atoms with E-state index in [4.69, 9.17) is 0 Å². The SMILES string of the molecule is C=C(C)[C@@H](O)[C@@](C)([C@H](O)CC)[Si](C)(C)c1ccccc1. The first-order valence-corrected chi connectivity index (χ1v) is 10.3. The highest BCUT2D eigenvalue weighted by Gasteiger charge is 2.53. The van der Waals surface area contributed by atoms with Crippen molar-refractivity contribution in [1.82, 2.24) is 0 Å². The van der Waals surface area contributed by atoms with Gasteiger partial charge in [0.1, 0.15) is 0 Å². The van der Waals surface area contributed by atoms with E-state index in [0.29, 0.717) is 6.42 Å². The summed E-state index contributed by atoms with van der Waals surface area (Å²) in [6.45, 7) is 14.1. The predicted molar refractivity (Wildman–Crippen MR) is 89.0 cm³/mol. The molecule has 0 aliphatic heterocycles. The maximum atomic E-state index is 10.7. The summed E-state index contributed by atoms with van der Waals surface area (Å²) >= 11 is 0. The van der Waals surface area contributed by atoms with E-state index >= 15 is 0 Å². The molecular formula is C17H28O2Si. The third-order valence-electron chi connectivity index (χ3n) is 4.96. The van der Waals surface area contributed by atoms with E-state index in [9.17, 15) is 10.2 Å². The Morgan fingerprint density at radius 2 is 1.75 bits per heavy atom. The van der Waals surface area contributed by atoms with E-state index in [2.05, 4.69) is 31.8 Å². The van der Waals surface area contributed by atoms with E-state index in [1.54, 1.807) is 0 Å². The fourth-order valence-corrected chi connectivity index (χ4v) is 6.66. The first-order valence-electron chi connectivity index (χ1n) is 7.26. The van der Waals surface area contributed by atoms with E-state index < -0.39 is 25.3 Å². The minimum Gasteiger partial charge on any atom is -0.393 e. The number of rotatable bonds is 6. The largest absolute Gasteiger partial charge is 0.393 e. The van der Waals surface area contributed by atoms with Crippen molar-refractivity contribution in [3.05, 3.63) is 42.5 Å². The van der Waals surface area contributed by atoms with E-state index in [-0.39, 0.29) is 0 Å².